The molecular weight excluding hydrogens is 282 g/mol. The van der Waals surface area contributed by atoms with Crippen LogP contribution in [0.3, 0.4) is 0 Å². The van der Waals surface area contributed by atoms with Gasteiger partial charge in [-0.15, -0.1) is 11.3 Å². The molecule has 0 atom stereocenters. The Balaban J connectivity index is 2.16. The van der Waals surface area contributed by atoms with Crippen molar-refractivity contribution in [2.75, 3.05) is 0 Å². The maximum absolute atomic E-state index is 11.6. The second-order valence-electron chi connectivity index (χ2n) is 4.07. The average Bonchev–Trinajstić information content (AvgIpc) is 2.91. The highest BCUT2D eigenvalue weighted by atomic mass is 32.1. The van der Waals surface area contributed by atoms with Gasteiger partial charge in [-0.1, -0.05) is 0 Å². The number of carbonyl (C=O) groups is 1. The number of pyridine rings is 1. The monoisotopic (exact) mass is 293 g/mol. The molecule has 0 spiro atoms. The fourth-order valence-electron chi connectivity index (χ4n) is 1.71. The summed E-state index contributed by atoms with van der Waals surface area (Å²) in [6.45, 7) is 3.08. The van der Waals surface area contributed by atoms with Gasteiger partial charge in [-0.25, -0.2) is 9.78 Å². The van der Waals surface area contributed by atoms with Crippen LogP contribution >= 0.6 is 11.3 Å². The molecule has 2 heterocycles. The minimum absolute atomic E-state index is 0.000271. The van der Waals surface area contributed by atoms with Crippen molar-refractivity contribution in [1.82, 2.24) is 9.97 Å². The lowest BCUT2D eigenvalue weighted by Gasteiger charge is -2.07. The summed E-state index contributed by atoms with van der Waals surface area (Å²) in [5.41, 5.74) is 2.99. The maximum Gasteiger partial charge on any atom is 0.358 e. The van der Waals surface area contributed by atoms with Gasteiger partial charge in [-0.05, 0) is 13.8 Å². The molecule has 2 aromatic heterocycles. The highest BCUT2D eigenvalue weighted by Crippen LogP contribution is 2.24. The van der Waals surface area contributed by atoms with Gasteiger partial charge in [-0.2, -0.15) is 0 Å². The van der Waals surface area contributed by atoms with Gasteiger partial charge in [0.25, 0.3) is 5.69 Å². The minimum atomic E-state index is -0.573. The van der Waals surface area contributed by atoms with E-state index in [-0.39, 0.29) is 18.0 Å². The van der Waals surface area contributed by atoms with E-state index < -0.39 is 10.9 Å². The molecule has 0 aliphatic carbocycles. The maximum atomic E-state index is 11.6. The molecule has 7 nitrogen and oxygen atoms in total. The van der Waals surface area contributed by atoms with Crippen molar-refractivity contribution in [3.8, 4) is 0 Å². The van der Waals surface area contributed by atoms with Crippen LogP contribution < -0.4 is 0 Å². The van der Waals surface area contributed by atoms with E-state index in [9.17, 15) is 14.9 Å². The van der Waals surface area contributed by atoms with Crippen LogP contribution in [0.25, 0.3) is 0 Å². The summed E-state index contributed by atoms with van der Waals surface area (Å²) in [5.74, 6) is -0.573. The van der Waals surface area contributed by atoms with Crippen LogP contribution in [0.15, 0.2) is 17.1 Å². The Morgan fingerprint density at radius 3 is 2.80 bits per heavy atom. The van der Waals surface area contributed by atoms with Gasteiger partial charge in [0.15, 0.2) is 5.69 Å². The summed E-state index contributed by atoms with van der Waals surface area (Å²) in [5, 5.41) is 12.6. The molecule has 0 amide bonds. The van der Waals surface area contributed by atoms with Crippen LogP contribution in [-0.4, -0.2) is 20.9 Å². The van der Waals surface area contributed by atoms with E-state index in [1.807, 2.05) is 0 Å². The van der Waals surface area contributed by atoms with Crippen LogP contribution in [0.1, 0.15) is 27.3 Å². The zero-order valence-corrected chi connectivity index (χ0v) is 11.6. The third-order valence-electron chi connectivity index (χ3n) is 2.74. The van der Waals surface area contributed by atoms with Crippen molar-refractivity contribution in [3.05, 3.63) is 49.7 Å². The summed E-state index contributed by atoms with van der Waals surface area (Å²) in [6, 6.07) is 0. The van der Waals surface area contributed by atoms with Crippen molar-refractivity contribution < 1.29 is 14.5 Å². The summed E-state index contributed by atoms with van der Waals surface area (Å²) in [6.07, 6.45) is 1.40. The highest BCUT2D eigenvalue weighted by molar-refractivity contribution is 7.07. The standard InChI is InChI=1S/C12H11N3O4S/c1-7-3-13-9(8(2)11(7)15(17)18)4-19-12(16)10-5-20-6-14-10/h3,5-6H,4H2,1-2H3. The normalized spacial score (nSPS) is 10.3. The number of aromatic nitrogens is 2. The number of hydrogen-bond acceptors (Lipinski definition) is 7. The Bertz CT molecular complexity index is 655. The lowest BCUT2D eigenvalue weighted by molar-refractivity contribution is -0.386. The highest BCUT2D eigenvalue weighted by Gasteiger charge is 2.20. The number of thiazole rings is 1. The Hall–Kier alpha value is -2.35. The van der Waals surface area contributed by atoms with Crippen LogP contribution in [0.2, 0.25) is 0 Å². The van der Waals surface area contributed by atoms with Crippen molar-refractivity contribution in [2.24, 2.45) is 0 Å². The predicted octanol–water partition coefficient (Wildman–Crippen LogP) is 2.42. The number of nitro groups is 1. The second kappa shape index (κ2) is 5.74. The first-order valence-corrected chi connectivity index (χ1v) is 6.59. The number of ether oxygens (including phenoxy) is 1. The topological polar surface area (TPSA) is 95.2 Å². The zero-order valence-electron chi connectivity index (χ0n) is 10.8. The van der Waals surface area contributed by atoms with Gasteiger partial charge in [0, 0.05) is 17.1 Å². The van der Waals surface area contributed by atoms with E-state index in [1.165, 1.54) is 23.0 Å². The summed E-state index contributed by atoms with van der Waals surface area (Å²) in [4.78, 5) is 30.1. The van der Waals surface area contributed by atoms with E-state index >= 15 is 0 Å². The second-order valence-corrected chi connectivity index (χ2v) is 4.79. The number of esters is 1. The molecule has 0 aliphatic rings. The number of aryl methyl sites for hydroxylation is 1. The number of hydrogen-bond donors (Lipinski definition) is 0. The third kappa shape index (κ3) is 2.80. The van der Waals surface area contributed by atoms with E-state index in [0.29, 0.717) is 16.8 Å². The predicted molar refractivity (Wildman–Crippen MR) is 71.6 cm³/mol. The van der Waals surface area contributed by atoms with Crippen molar-refractivity contribution in [1.29, 1.82) is 0 Å². The van der Waals surface area contributed by atoms with E-state index in [1.54, 1.807) is 19.2 Å². The lowest BCUT2D eigenvalue weighted by Crippen LogP contribution is -2.09. The van der Waals surface area contributed by atoms with Crippen molar-refractivity contribution in [3.63, 3.8) is 0 Å². The van der Waals surface area contributed by atoms with Crippen LogP contribution in [0.5, 0.6) is 0 Å². The molecule has 0 aromatic carbocycles. The summed E-state index contributed by atoms with van der Waals surface area (Å²) < 4.78 is 5.05. The number of carbonyl (C=O) groups excluding carboxylic acids is 1. The first kappa shape index (κ1) is 14.1. The van der Waals surface area contributed by atoms with Gasteiger partial charge in [-0.3, -0.25) is 15.1 Å². The molecule has 0 unspecified atom stereocenters. The smallest absolute Gasteiger partial charge is 0.358 e. The molecule has 0 radical (unpaired) electrons. The van der Waals surface area contributed by atoms with Crippen molar-refractivity contribution >= 4 is 23.0 Å². The lowest BCUT2D eigenvalue weighted by atomic mass is 10.1. The van der Waals surface area contributed by atoms with E-state index in [0.717, 1.165) is 0 Å². The largest absolute Gasteiger partial charge is 0.454 e. The molecule has 0 bridgehead atoms. The van der Waals surface area contributed by atoms with Gasteiger partial charge in [0.2, 0.25) is 0 Å². The first-order valence-electron chi connectivity index (χ1n) is 5.65. The quantitative estimate of drug-likeness (QED) is 0.488. The van der Waals surface area contributed by atoms with Crippen molar-refractivity contribution in [2.45, 2.75) is 20.5 Å². The van der Waals surface area contributed by atoms with Gasteiger partial charge in [0.1, 0.15) is 6.61 Å². The number of rotatable bonds is 4. The fourth-order valence-corrected chi connectivity index (χ4v) is 2.23. The molecular formula is C12H11N3O4S. The molecule has 20 heavy (non-hydrogen) atoms. The fraction of sp³-hybridized carbons (Fsp3) is 0.250. The van der Waals surface area contributed by atoms with Gasteiger partial charge in [0.05, 0.1) is 21.7 Å². The van der Waals surface area contributed by atoms with E-state index in [2.05, 4.69) is 9.97 Å². The number of nitrogens with zero attached hydrogens (tertiary/aromatic N) is 3. The van der Waals surface area contributed by atoms with E-state index in [4.69, 9.17) is 4.74 Å². The van der Waals surface area contributed by atoms with Crippen LogP contribution in [0, 0.1) is 24.0 Å². The Kier molecular flexibility index (Phi) is 4.04. The molecule has 104 valence electrons. The molecule has 0 N–H and O–H groups in total. The summed E-state index contributed by atoms with van der Waals surface area (Å²) in [7, 11) is 0. The molecule has 0 saturated heterocycles. The Morgan fingerprint density at radius 1 is 1.45 bits per heavy atom. The molecule has 2 rings (SSSR count). The van der Waals surface area contributed by atoms with Crippen LogP contribution in [0.4, 0.5) is 5.69 Å². The van der Waals surface area contributed by atoms with Crippen LogP contribution in [-0.2, 0) is 11.3 Å². The molecule has 0 fully saturated rings. The van der Waals surface area contributed by atoms with Gasteiger partial charge < -0.3 is 4.74 Å². The molecule has 8 heteroatoms. The molecule has 2 aromatic rings. The average molecular weight is 293 g/mol. The minimum Gasteiger partial charge on any atom is -0.454 e. The SMILES string of the molecule is Cc1cnc(COC(=O)c2cscn2)c(C)c1[N+](=O)[O-]. The molecule has 0 saturated carbocycles. The Labute approximate surface area is 118 Å². The summed E-state index contributed by atoms with van der Waals surface area (Å²) >= 11 is 1.28. The van der Waals surface area contributed by atoms with Gasteiger partial charge >= 0.3 is 5.97 Å². The third-order valence-corrected chi connectivity index (χ3v) is 3.33. The Morgan fingerprint density at radius 2 is 2.20 bits per heavy atom. The molecule has 0 aliphatic heterocycles. The first-order chi connectivity index (χ1) is 9.50. The zero-order chi connectivity index (χ0) is 14.7.